The van der Waals surface area contributed by atoms with Crippen LogP contribution in [0.1, 0.15) is 5.56 Å². The Morgan fingerprint density at radius 2 is 2.00 bits per heavy atom. The van der Waals surface area contributed by atoms with Crippen molar-refractivity contribution in [3.63, 3.8) is 0 Å². The molecule has 0 saturated heterocycles. The van der Waals surface area contributed by atoms with Gasteiger partial charge in [-0.05, 0) is 11.6 Å². The van der Waals surface area contributed by atoms with Crippen LogP contribution in [0.15, 0.2) is 12.1 Å². The lowest BCUT2D eigenvalue weighted by Crippen LogP contribution is -2.14. The van der Waals surface area contributed by atoms with E-state index in [0.717, 1.165) is 0 Å². The number of alkyl halides is 1. The predicted octanol–water partition coefficient (Wildman–Crippen LogP) is 1.95. The van der Waals surface area contributed by atoms with Gasteiger partial charge in [0.1, 0.15) is 5.88 Å². The molecule has 6 heteroatoms. The van der Waals surface area contributed by atoms with E-state index in [1.54, 1.807) is 12.1 Å². The fourth-order valence-corrected chi connectivity index (χ4v) is 1.52. The number of anilines is 1. The number of nitriles is 1. The maximum Gasteiger partial charge on any atom is 0.239 e. The summed E-state index contributed by atoms with van der Waals surface area (Å²) in [4.78, 5) is 11.3. The van der Waals surface area contributed by atoms with Crippen molar-refractivity contribution >= 4 is 23.2 Å². The zero-order chi connectivity index (χ0) is 13.5. The molecule has 1 aromatic rings. The number of carbonyl (C=O) groups excluding carboxylic acids is 1. The van der Waals surface area contributed by atoms with Crippen LogP contribution in [0.2, 0.25) is 0 Å². The summed E-state index contributed by atoms with van der Waals surface area (Å²) in [6, 6.07) is 5.29. The quantitative estimate of drug-likeness (QED) is 0.829. The number of hydrogen-bond acceptors (Lipinski definition) is 4. The van der Waals surface area contributed by atoms with Crippen molar-refractivity contribution in [2.45, 2.75) is 6.42 Å². The van der Waals surface area contributed by atoms with E-state index in [9.17, 15) is 4.79 Å². The molecule has 1 N–H and O–H groups in total. The highest BCUT2D eigenvalue weighted by Gasteiger charge is 2.12. The van der Waals surface area contributed by atoms with Crippen molar-refractivity contribution in [2.75, 3.05) is 25.4 Å². The lowest BCUT2D eigenvalue weighted by atomic mass is 10.1. The Hall–Kier alpha value is -1.93. The summed E-state index contributed by atoms with van der Waals surface area (Å²) in [5, 5.41) is 11.4. The topological polar surface area (TPSA) is 71.3 Å². The normalized spacial score (nSPS) is 9.44. The molecule has 0 atom stereocenters. The minimum Gasteiger partial charge on any atom is -0.493 e. The average molecular weight is 269 g/mol. The molecule has 1 aromatic carbocycles. The lowest BCUT2D eigenvalue weighted by molar-refractivity contribution is -0.113. The Bertz CT molecular complexity index is 483. The lowest BCUT2D eigenvalue weighted by Gasteiger charge is -2.13. The van der Waals surface area contributed by atoms with Crippen LogP contribution in [-0.2, 0) is 11.2 Å². The summed E-state index contributed by atoms with van der Waals surface area (Å²) in [5.74, 6) is 0.485. The smallest absolute Gasteiger partial charge is 0.239 e. The highest BCUT2D eigenvalue weighted by molar-refractivity contribution is 6.29. The Balaban J connectivity index is 3.20. The number of benzene rings is 1. The van der Waals surface area contributed by atoms with Crippen LogP contribution in [-0.4, -0.2) is 26.0 Å². The zero-order valence-corrected chi connectivity index (χ0v) is 10.9. The van der Waals surface area contributed by atoms with Gasteiger partial charge >= 0.3 is 0 Å². The number of halogens is 1. The third-order valence-electron chi connectivity index (χ3n) is 2.27. The van der Waals surface area contributed by atoms with Crippen LogP contribution in [0, 0.1) is 11.3 Å². The van der Waals surface area contributed by atoms with Gasteiger partial charge in [0.15, 0.2) is 11.5 Å². The molecule has 5 nitrogen and oxygen atoms in total. The summed E-state index contributed by atoms with van der Waals surface area (Å²) in [7, 11) is 3.00. The monoisotopic (exact) mass is 268 g/mol. The number of nitrogens with one attached hydrogen (secondary N) is 1. The van der Waals surface area contributed by atoms with Crippen LogP contribution in [0.25, 0.3) is 0 Å². The Labute approximate surface area is 110 Å². The van der Waals surface area contributed by atoms with Crippen LogP contribution < -0.4 is 14.8 Å². The van der Waals surface area contributed by atoms with E-state index in [0.29, 0.717) is 22.7 Å². The zero-order valence-electron chi connectivity index (χ0n) is 10.1. The number of ether oxygens (including phenoxy) is 2. The molecule has 0 aliphatic rings. The molecule has 0 unspecified atom stereocenters. The molecule has 0 radical (unpaired) electrons. The first kappa shape index (κ1) is 14.1. The first-order chi connectivity index (χ1) is 8.65. The van der Waals surface area contributed by atoms with Crippen LogP contribution in [0.3, 0.4) is 0 Å². The molecule has 0 aromatic heterocycles. The maximum atomic E-state index is 11.3. The third-order valence-corrected chi connectivity index (χ3v) is 2.52. The van der Waals surface area contributed by atoms with Gasteiger partial charge in [0, 0.05) is 11.8 Å². The number of nitrogens with zero attached hydrogens (tertiary/aromatic N) is 1. The second kappa shape index (κ2) is 6.72. The Kier molecular flexibility index (Phi) is 5.28. The van der Waals surface area contributed by atoms with Gasteiger partial charge in [-0.15, -0.1) is 11.6 Å². The third kappa shape index (κ3) is 3.28. The number of amides is 1. The van der Waals surface area contributed by atoms with Gasteiger partial charge in [0.2, 0.25) is 5.91 Å². The van der Waals surface area contributed by atoms with Crippen molar-refractivity contribution in [3.05, 3.63) is 17.7 Å². The molecule has 0 aliphatic heterocycles. The number of rotatable bonds is 5. The van der Waals surface area contributed by atoms with E-state index in [1.807, 2.05) is 6.07 Å². The molecular formula is C12H13ClN2O3. The largest absolute Gasteiger partial charge is 0.493 e. The molecule has 0 bridgehead atoms. The first-order valence-electron chi connectivity index (χ1n) is 5.14. The predicted molar refractivity (Wildman–Crippen MR) is 68.2 cm³/mol. The molecule has 18 heavy (non-hydrogen) atoms. The highest BCUT2D eigenvalue weighted by atomic mass is 35.5. The minimum atomic E-state index is -0.344. The number of carbonyl (C=O) groups is 1. The molecule has 0 spiro atoms. The van der Waals surface area contributed by atoms with Gasteiger partial charge in [-0.3, -0.25) is 4.79 Å². The molecule has 0 heterocycles. The van der Waals surface area contributed by atoms with E-state index in [1.165, 1.54) is 14.2 Å². The Morgan fingerprint density at radius 3 is 2.50 bits per heavy atom. The van der Waals surface area contributed by atoms with Crippen LogP contribution in [0.5, 0.6) is 11.5 Å². The number of hydrogen-bond donors (Lipinski definition) is 1. The van der Waals surface area contributed by atoms with Crippen molar-refractivity contribution < 1.29 is 14.3 Å². The summed E-state index contributed by atoms with van der Waals surface area (Å²) >= 11 is 5.43. The SMILES string of the molecule is COc1cc(CC#N)c(NC(=O)CCl)cc1OC. The second-order valence-electron chi connectivity index (χ2n) is 3.38. The minimum absolute atomic E-state index is 0.151. The van der Waals surface area contributed by atoms with Crippen molar-refractivity contribution in [2.24, 2.45) is 0 Å². The molecular weight excluding hydrogens is 256 g/mol. The molecule has 1 amide bonds. The van der Waals surface area contributed by atoms with Gasteiger partial charge in [-0.2, -0.15) is 5.26 Å². The summed E-state index contributed by atoms with van der Waals surface area (Å²) in [5.41, 5.74) is 1.15. The van der Waals surface area contributed by atoms with E-state index >= 15 is 0 Å². The van der Waals surface area contributed by atoms with E-state index in [2.05, 4.69) is 5.32 Å². The molecule has 0 saturated carbocycles. The standard InChI is InChI=1S/C12H13ClN2O3/c1-17-10-5-8(3-4-14)9(6-11(10)18-2)15-12(16)7-13/h5-6H,3,7H2,1-2H3,(H,15,16). The summed E-state index contributed by atoms with van der Waals surface area (Å²) in [6.07, 6.45) is 0.151. The van der Waals surface area contributed by atoms with Crippen molar-refractivity contribution in [1.82, 2.24) is 0 Å². The summed E-state index contributed by atoms with van der Waals surface area (Å²) in [6.45, 7) is 0. The van der Waals surface area contributed by atoms with Crippen molar-refractivity contribution in [1.29, 1.82) is 5.26 Å². The van der Waals surface area contributed by atoms with Crippen LogP contribution >= 0.6 is 11.6 Å². The fraction of sp³-hybridized carbons (Fsp3) is 0.333. The van der Waals surface area contributed by atoms with Gasteiger partial charge in [0.25, 0.3) is 0 Å². The fourth-order valence-electron chi connectivity index (χ4n) is 1.45. The summed E-state index contributed by atoms with van der Waals surface area (Å²) < 4.78 is 10.3. The average Bonchev–Trinajstić information content (AvgIpc) is 2.40. The maximum absolute atomic E-state index is 11.3. The van der Waals surface area contributed by atoms with E-state index in [4.69, 9.17) is 26.3 Å². The second-order valence-corrected chi connectivity index (χ2v) is 3.65. The van der Waals surface area contributed by atoms with Gasteiger partial charge in [-0.1, -0.05) is 0 Å². The van der Waals surface area contributed by atoms with Gasteiger partial charge in [0.05, 0.1) is 26.7 Å². The van der Waals surface area contributed by atoms with E-state index < -0.39 is 0 Å². The molecule has 0 fully saturated rings. The molecule has 96 valence electrons. The Morgan fingerprint density at radius 1 is 1.39 bits per heavy atom. The first-order valence-corrected chi connectivity index (χ1v) is 5.67. The van der Waals surface area contributed by atoms with Gasteiger partial charge < -0.3 is 14.8 Å². The molecule has 1 rings (SSSR count). The van der Waals surface area contributed by atoms with Crippen LogP contribution in [0.4, 0.5) is 5.69 Å². The van der Waals surface area contributed by atoms with Gasteiger partial charge in [-0.25, -0.2) is 0 Å². The number of methoxy groups -OCH3 is 2. The van der Waals surface area contributed by atoms with Crippen molar-refractivity contribution in [3.8, 4) is 17.6 Å². The molecule has 0 aliphatic carbocycles. The van der Waals surface area contributed by atoms with E-state index in [-0.39, 0.29) is 18.2 Å². The highest BCUT2D eigenvalue weighted by Crippen LogP contribution is 2.33.